The lowest BCUT2D eigenvalue weighted by Crippen LogP contribution is -2.35. The van der Waals surface area contributed by atoms with Crippen molar-refractivity contribution < 1.29 is 9.90 Å². The SMILES string of the molecule is Cc1ccc2cccc(CCN3C(=O)NCC3O)c2c1. The summed E-state index contributed by atoms with van der Waals surface area (Å²) >= 11 is 0. The van der Waals surface area contributed by atoms with E-state index in [0.29, 0.717) is 13.1 Å². The van der Waals surface area contributed by atoms with Crippen molar-refractivity contribution in [3.63, 3.8) is 0 Å². The zero-order chi connectivity index (χ0) is 14.1. The molecule has 0 saturated carbocycles. The minimum absolute atomic E-state index is 0.186. The molecule has 0 radical (unpaired) electrons. The third-order valence-corrected chi connectivity index (χ3v) is 3.81. The maximum atomic E-state index is 11.6. The Morgan fingerprint density at radius 1 is 1.35 bits per heavy atom. The normalized spacial score (nSPS) is 18.6. The molecule has 0 aliphatic carbocycles. The number of fused-ring (bicyclic) bond motifs is 1. The van der Waals surface area contributed by atoms with Crippen LogP contribution in [0.2, 0.25) is 0 Å². The lowest BCUT2D eigenvalue weighted by atomic mass is 10.0. The molecular weight excluding hydrogens is 252 g/mol. The van der Waals surface area contributed by atoms with Gasteiger partial charge in [0.05, 0.1) is 6.54 Å². The maximum Gasteiger partial charge on any atom is 0.319 e. The Morgan fingerprint density at radius 2 is 2.20 bits per heavy atom. The van der Waals surface area contributed by atoms with Gasteiger partial charge in [-0.05, 0) is 29.7 Å². The van der Waals surface area contributed by atoms with Crippen LogP contribution in [-0.4, -0.2) is 35.4 Å². The Bertz CT molecular complexity index is 654. The predicted octanol–water partition coefficient (Wildman–Crippen LogP) is 2.03. The van der Waals surface area contributed by atoms with Gasteiger partial charge >= 0.3 is 6.03 Å². The number of amides is 2. The topological polar surface area (TPSA) is 52.6 Å². The molecule has 1 heterocycles. The molecule has 0 spiro atoms. The molecule has 1 saturated heterocycles. The first kappa shape index (κ1) is 12.9. The summed E-state index contributed by atoms with van der Waals surface area (Å²) < 4.78 is 0. The molecule has 2 amide bonds. The van der Waals surface area contributed by atoms with Gasteiger partial charge in [-0.25, -0.2) is 4.79 Å². The molecule has 0 bridgehead atoms. The lowest BCUT2D eigenvalue weighted by Gasteiger charge is -2.19. The number of hydrogen-bond acceptors (Lipinski definition) is 2. The number of carbonyl (C=O) groups is 1. The third-order valence-electron chi connectivity index (χ3n) is 3.81. The van der Waals surface area contributed by atoms with Crippen LogP contribution >= 0.6 is 0 Å². The Kier molecular flexibility index (Phi) is 3.32. The molecule has 1 atom stereocenters. The molecule has 4 heteroatoms. The number of hydrogen-bond donors (Lipinski definition) is 2. The number of urea groups is 1. The number of benzene rings is 2. The van der Waals surface area contributed by atoms with Crippen molar-refractivity contribution in [3.05, 3.63) is 47.5 Å². The van der Waals surface area contributed by atoms with E-state index in [1.165, 1.54) is 26.8 Å². The quantitative estimate of drug-likeness (QED) is 0.896. The highest BCUT2D eigenvalue weighted by molar-refractivity contribution is 5.86. The molecule has 1 aliphatic rings. The van der Waals surface area contributed by atoms with Gasteiger partial charge in [0.1, 0.15) is 6.23 Å². The van der Waals surface area contributed by atoms with Gasteiger partial charge in [-0.3, -0.25) is 4.90 Å². The highest BCUT2D eigenvalue weighted by atomic mass is 16.3. The van der Waals surface area contributed by atoms with Crippen LogP contribution < -0.4 is 5.32 Å². The van der Waals surface area contributed by atoms with Gasteiger partial charge in [0, 0.05) is 6.54 Å². The van der Waals surface area contributed by atoms with E-state index in [1.807, 2.05) is 6.07 Å². The molecule has 2 N–H and O–H groups in total. The van der Waals surface area contributed by atoms with Crippen LogP contribution in [0.3, 0.4) is 0 Å². The van der Waals surface area contributed by atoms with E-state index in [-0.39, 0.29) is 6.03 Å². The molecule has 4 nitrogen and oxygen atoms in total. The van der Waals surface area contributed by atoms with E-state index in [2.05, 4.69) is 42.6 Å². The van der Waals surface area contributed by atoms with Crippen LogP contribution in [-0.2, 0) is 6.42 Å². The Morgan fingerprint density at radius 3 is 2.95 bits per heavy atom. The number of aliphatic hydroxyl groups is 1. The first-order chi connectivity index (χ1) is 9.65. The molecule has 1 unspecified atom stereocenters. The average Bonchev–Trinajstić information content (AvgIpc) is 2.76. The molecule has 2 aromatic rings. The first-order valence-corrected chi connectivity index (χ1v) is 6.86. The van der Waals surface area contributed by atoms with Crippen molar-refractivity contribution >= 4 is 16.8 Å². The smallest absolute Gasteiger partial charge is 0.319 e. The predicted molar refractivity (Wildman–Crippen MR) is 78.5 cm³/mol. The zero-order valence-electron chi connectivity index (χ0n) is 11.5. The third kappa shape index (κ3) is 2.34. The van der Waals surface area contributed by atoms with Crippen LogP contribution in [0.25, 0.3) is 10.8 Å². The van der Waals surface area contributed by atoms with Gasteiger partial charge in [-0.15, -0.1) is 0 Å². The summed E-state index contributed by atoms with van der Waals surface area (Å²) in [5.41, 5.74) is 2.43. The van der Waals surface area contributed by atoms with Gasteiger partial charge in [-0.1, -0.05) is 42.0 Å². The van der Waals surface area contributed by atoms with E-state index in [9.17, 15) is 9.90 Å². The van der Waals surface area contributed by atoms with E-state index >= 15 is 0 Å². The standard InChI is InChI=1S/C16H18N2O2/c1-11-5-6-12-3-2-4-13(14(12)9-11)7-8-18-15(19)10-17-16(18)20/h2-6,9,15,19H,7-8,10H2,1H3,(H,17,20). The van der Waals surface area contributed by atoms with Crippen molar-refractivity contribution in [2.75, 3.05) is 13.1 Å². The fourth-order valence-electron chi connectivity index (χ4n) is 2.69. The van der Waals surface area contributed by atoms with Crippen molar-refractivity contribution in [2.24, 2.45) is 0 Å². The molecular formula is C16H18N2O2. The fraction of sp³-hybridized carbons (Fsp3) is 0.312. The second kappa shape index (κ2) is 5.13. The van der Waals surface area contributed by atoms with E-state index < -0.39 is 6.23 Å². The van der Waals surface area contributed by atoms with Gasteiger partial charge in [0.25, 0.3) is 0 Å². The summed E-state index contributed by atoms with van der Waals surface area (Å²) in [4.78, 5) is 13.1. The summed E-state index contributed by atoms with van der Waals surface area (Å²) in [5, 5.41) is 14.8. The minimum Gasteiger partial charge on any atom is -0.372 e. The number of nitrogens with zero attached hydrogens (tertiary/aromatic N) is 1. The zero-order valence-corrected chi connectivity index (χ0v) is 11.5. The van der Waals surface area contributed by atoms with Crippen LogP contribution in [0.5, 0.6) is 0 Å². The summed E-state index contributed by atoms with van der Waals surface area (Å²) in [6.07, 6.45) is 0.0323. The van der Waals surface area contributed by atoms with Gasteiger partial charge in [0.15, 0.2) is 0 Å². The number of carbonyl (C=O) groups excluding carboxylic acids is 1. The lowest BCUT2D eigenvalue weighted by molar-refractivity contribution is 0.0656. The van der Waals surface area contributed by atoms with Gasteiger partial charge in [0.2, 0.25) is 0 Å². The molecule has 2 aromatic carbocycles. The Labute approximate surface area is 118 Å². The number of rotatable bonds is 3. The maximum absolute atomic E-state index is 11.6. The number of β-amino-alcohol motifs (C(OH)–C–C–N with tert-alkyl or cyclic N) is 1. The average molecular weight is 270 g/mol. The summed E-state index contributed by atoms with van der Waals surface area (Å²) in [6.45, 7) is 2.92. The summed E-state index contributed by atoms with van der Waals surface area (Å²) in [5.74, 6) is 0. The highest BCUT2D eigenvalue weighted by Crippen LogP contribution is 2.21. The van der Waals surface area contributed by atoms with Crippen molar-refractivity contribution in [3.8, 4) is 0 Å². The second-order valence-electron chi connectivity index (χ2n) is 5.25. The first-order valence-electron chi connectivity index (χ1n) is 6.86. The number of aliphatic hydroxyl groups excluding tert-OH is 1. The van der Waals surface area contributed by atoms with E-state index in [0.717, 1.165) is 6.42 Å². The Balaban J connectivity index is 1.84. The molecule has 1 fully saturated rings. The van der Waals surface area contributed by atoms with Crippen LogP contribution in [0.4, 0.5) is 4.79 Å². The molecule has 20 heavy (non-hydrogen) atoms. The van der Waals surface area contributed by atoms with Gasteiger partial charge < -0.3 is 10.4 Å². The molecule has 3 rings (SSSR count). The van der Waals surface area contributed by atoms with Crippen LogP contribution in [0.15, 0.2) is 36.4 Å². The van der Waals surface area contributed by atoms with Crippen molar-refractivity contribution in [2.45, 2.75) is 19.6 Å². The molecule has 104 valence electrons. The second-order valence-corrected chi connectivity index (χ2v) is 5.25. The summed E-state index contributed by atoms with van der Waals surface area (Å²) in [7, 11) is 0. The van der Waals surface area contributed by atoms with Gasteiger partial charge in [-0.2, -0.15) is 0 Å². The number of nitrogens with one attached hydrogen (secondary N) is 1. The molecule has 0 aromatic heterocycles. The monoisotopic (exact) mass is 270 g/mol. The van der Waals surface area contributed by atoms with E-state index in [1.54, 1.807) is 0 Å². The number of aryl methyl sites for hydroxylation is 1. The fourth-order valence-corrected chi connectivity index (χ4v) is 2.69. The molecule has 1 aliphatic heterocycles. The minimum atomic E-state index is -0.709. The van der Waals surface area contributed by atoms with Crippen LogP contribution in [0.1, 0.15) is 11.1 Å². The highest BCUT2D eigenvalue weighted by Gasteiger charge is 2.28. The van der Waals surface area contributed by atoms with E-state index in [4.69, 9.17) is 0 Å². The largest absolute Gasteiger partial charge is 0.372 e. The Hall–Kier alpha value is -2.07. The van der Waals surface area contributed by atoms with Crippen molar-refractivity contribution in [1.29, 1.82) is 0 Å². The van der Waals surface area contributed by atoms with Crippen LogP contribution in [0, 0.1) is 6.92 Å². The van der Waals surface area contributed by atoms with Crippen molar-refractivity contribution in [1.82, 2.24) is 10.2 Å². The summed E-state index contributed by atoms with van der Waals surface area (Å²) in [6, 6.07) is 12.4.